The molecule has 4 rings (SSSR count). The fourth-order valence-corrected chi connectivity index (χ4v) is 5.50. The number of benzene rings is 1. The zero-order valence-electron chi connectivity index (χ0n) is 17.3. The summed E-state index contributed by atoms with van der Waals surface area (Å²) >= 11 is 1.81. The van der Waals surface area contributed by atoms with Gasteiger partial charge in [0.15, 0.2) is 5.96 Å². The highest BCUT2D eigenvalue weighted by molar-refractivity contribution is 14.0. The van der Waals surface area contributed by atoms with Gasteiger partial charge in [-0.15, -0.1) is 35.3 Å². The van der Waals surface area contributed by atoms with Gasteiger partial charge in [-0.25, -0.2) is 8.78 Å². The zero-order valence-corrected chi connectivity index (χ0v) is 20.4. The molecule has 164 valence electrons. The summed E-state index contributed by atoms with van der Waals surface area (Å²) in [5.74, 6) is 0.115. The van der Waals surface area contributed by atoms with Crippen molar-refractivity contribution < 1.29 is 8.78 Å². The molecule has 1 aliphatic heterocycles. The van der Waals surface area contributed by atoms with Crippen molar-refractivity contribution in [1.29, 1.82) is 0 Å². The lowest BCUT2D eigenvalue weighted by Crippen LogP contribution is -2.45. The summed E-state index contributed by atoms with van der Waals surface area (Å²) < 4.78 is 28.0. The van der Waals surface area contributed by atoms with Gasteiger partial charge in [0.05, 0.1) is 0 Å². The van der Waals surface area contributed by atoms with Gasteiger partial charge in [0.1, 0.15) is 11.6 Å². The average molecular weight is 546 g/mol. The minimum Gasteiger partial charge on any atom is -0.356 e. The second-order valence-electron chi connectivity index (χ2n) is 8.02. The van der Waals surface area contributed by atoms with Crippen LogP contribution in [0.4, 0.5) is 8.78 Å². The van der Waals surface area contributed by atoms with Crippen molar-refractivity contribution in [2.24, 2.45) is 10.9 Å². The second-order valence-corrected chi connectivity index (χ2v) is 9.00. The number of hydrogen-bond donors (Lipinski definition) is 2. The van der Waals surface area contributed by atoms with Crippen LogP contribution in [0.15, 0.2) is 40.7 Å². The summed E-state index contributed by atoms with van der Waals surface area (Å²) in [7, 11) is 3.93. The Hall–Kier alpha value is -1.26. The third kappa shape index (κ3) is 5.13. The van der Waals surface area contributed by atoms with Crippen molar-refractivity contribution in [3.8, 4) is 0 Å². The zero-order chi connectivity index (χ0) is 20.4. The van der Waals surface area contributed by atoms with Crippen LogP contribution in [0.5, 0.6) is 0 Å². The molecule has 1 saturated carbocycles. The number of likely N-dealkylation sites (tertiary alicyclic amines) is 1. The van der Waals surface area contributed by atoms with Gasteiger partial charge in [0.25, 0.3) is 0 Å². The van der Waals surface area contributed by atoms with E-state index in [1.807, 2.05) is 11.3 Å². The van der Waals surface area contributed by atoms with Gasteiger partial charge in [-0.05, 0) is 62.4 Å². The Morgan fingerprint density at radius 1 is 1.23 bits per heavy atom. The van der Waals surface area contributed by atoms with E-state index in [4.69, 9.17) is 0 Å². The molecule has 0 amide bonds. The third-order valence-electron chi connectivity index (χ3n) is 6.08. The predicted octanol–water partition coefficient (Wildman–Crippen LogP) is 4.75. The number of rotatable bonds is 5. The van der Waals surface area contributed by atoms with Gasteiger partial charge in [0.2, 0.25) is 0 Å². The molecule has 30 heavy (non-hydrogen) atoms. The summed E-state index contributed by atoms with van der Waals surface area (Å²) in [6, 6.07) is 8.81. The molecular weight excluding hydrogens is 517 g/mol. The van der Waals surface area contributed by atoms with E-state index < -0.39 is 11.6 Å². The lowest BCUT2D eigenvalue weighted by molar-refractivity contribution is 0.125. The van der Waals surface area contributed by atoms with E-state index in [1.165, 1.54) is 35.9 Å². The molecule has 4 atom stereocenters. The molecule has 1 aromatic heterocycles. The molecule has 1 saturated heterocycles. The Morgan fingerprint density at radius 2 is 2.00 bits per heavy atom. The molecule has 4 unspecified atom stereocenters. The van der Waals surface area contributed by atoms with Crippen molar-refractivity contribution in [3.05, 3.63) is 57.8 Å². The third-order valence-corrected chi connectivity index (χ3v) is 7.02. The minimum atomic E-state index is -0.466. The van der Waals surface area contributed by atoms with Gasteiger partial charge >= 0.3 is 0 Å². The molecular formula is C22H29F2IN4S. The Balaban J connectivity index is 0.00000256. The van der Waals surface area contributed by atoms with Gasteiger partial charge in [0, 0.05) is 42.0 Å². The van der Waals surface area contributed by atoms with Crippen LogP contribution in [-0.4, -0.2) is 44.1 Å². The molecule has 2 aliphatic rings. The highest BCUT2D eigenvalue weighted by Gasteiger charge is 2.42. The lowest BCUT2D eigenvalue weighted by Gasteiger charge is -2.39. The van der Waals surface area contributed by atoms with Crippen LogP contribution in [0.25, 0.3) is 0 Å². The van der Waals surface area contributed by atoms with Gasteiger partial charge < -0.3 is 10.6 Å². The number of thiophene rings is 1. The summed E-state index contributed by atoms with van der Waals surface area (Å²) in [5, 5.41) is 8.93. The van der Waals surface area contributed by atoms with Gasteiger partial charge in [-0.3, -0.25) is 9.89 Å². The number of guanidine groups is 1. The first kappa shape index (κ1) is 23.4. The number of hydrogen-bond acceptors (Lipinski definition) is 3. The number of halogens is 3. The van der Waals surface area contributed by atoms with Crippen LogP contribution < -0.4 is 10.6 Å². The first-order valence-corrected chi connectivity index (χ1v) is 11.1. The highest BCUT2D eigenvalue weighted by atomic mass is 127. The summed E-state index contributed by atoms with van der Waals surface area (Å²) in [6.45, 7) is 1.93. The monoisotopic (exact) mass is 546 g/mol. The lowest BCUT2D eigenvalue weighted by atomic mass is 9.88. The maximum absolute atomic E-state index is 14.0. The van der Waals surface area contributed by atoms with E-state index in [-0.39, 0.29) is 41.5 Å². The van der Waals surface area contributed by atoms with E-state index in [1.54, 1.807) is 7.05 Å². The van der Waals surface area contributed by atoms with Crippen LogP contribution in [0, 0.1) is 17.6 Å². The number of piperidine rings is 1. The molecule has 2 heterocycles. The standard InChI is InChI=1S/C22H28F2N4S.HI/c1-25-22(27-18-12-15(18)20-16(23)7-3-8-17(20)24)26-13-14-6-4-10-28(2)21(14)19-9-5-11-29-19;/h3,5,7-9,11,14-15,18,21H,4,6,10,12-13H2,1-2H3,(H2,25,26,27);1H. The van der Waals surface area contributed by atoms with E-state index in [9.17, 15) is 8.78 Å². The quantitative estimate of drug-likeness (QED) is 0.323. The maximum Gasteiger partial charge on any atom is 0.191 e. The molecule has 1 aromatic carbocycles. The molecule has 0 bridgehead atoms. The van der Waals surface area contributed by atoms with Crippen molar-refractivity contribution in [2.45, 2.75) is 37.3 Å². The minimum absolute atomic E-state index is 0. The van der Waals surface area contributed by atoms with Gasteiger partial charge in [-0.2, -0.15) is 0 Å². The van der Waals surface area contributed by atoms with E-state index in [0.29, 0.717) is 24.3 Å². The van der Waals surface area contributed by atoms with Crippen LogP contribution in [0.2, 0.25) is 0 Å². The Bertz CT molecular complexity index is 841. The largest absolute Gasteiger partial charge is 0.356 e. The normalized spacial score (nSPS) is 26.7. The van der Waals surface area contributed by atoms with E-state index >= 15 is 0 Å². The first-order chi connectivity index (χ1) is 14.1. The van der Waals surface area contributed by atoms with Crippen molar-refractivity contribution in [1.82, 2.24) is 15.5 Å². The van der Waals surface area contributed by atoms with E-state index in [0.717, 1.165) is 13.1 Å². The molecule has 0 radical (unpaired) electrons. The topological polar surface area (TPSA) is 39.7 Å². The predicted molar refractivity (Wildman–Crippen MR) is 130 cm³/mol. The number of nitrogens with zero attached hydrogens (tertiary/aromatic N) is 2. The fourth-order valence-electron chi connectivity index (χ4n) is 4.52. The van der Waals surface area contributed by atoms with E-state index in [2.05, 4.69) is 45.1 Å². The molecule has 2 aromatic rings. The smallest absolute Gasteiger partial charge is 0.191 e. The molecule has 2 N–H and O–H groups in total. The van der Waals surface area contributed by atoms with Crippen LogP contribution >= 0.6 is 35.3 Å². The molecule has 8 heteroatoms. The van der Waals surface area contributed by atoms with Crippen LogP contribution in [0.1, 0.15) is 41.7 Å². The Kier molecular flexibility index (Phi) is 8.09. The molecule has 2 fully saturated rings. The SMILES string of the molecule is CN=C(NCC1CCCN(C)C1c1cccs1)NC1CC1c1c(F)cccc1F.I. The van der Waals surface area contributed by atoms with Crippen molar-refractivity contribution in [2.75, 3.05) is 27.2 Å². The Morgan fingerprint density at radius 3 is 2.67 bits per heavy atom. The number of aliphatic imine (C=N–C) groups is 1. The first-order valence-electron chi connectivity index (χ1n) is 10.2. The molecule has 1 aliphatic carbocycles. The number of nitrogens with one attached hydrogen (secondary N) is 2. The average Bonchev–Trinajstić information content (AvgIpc) is 3.22. The second kappa shape index (κ2) is 10.4. The molecule has 0 spiro atoms. The fraction of sp³-hybridized carbons (Fsp3) is 0.500. The summed E-state index contributed by atoms with van der Waals surface area (Å²) in [6.07, 6.45) is 3.07. The Labute approximate surface area is 198 Å². The van der Waals surface area contributed by atoms with Crippen LogP contribution in [-0.2, 0) is 0 Å². The summed E-state index contributed by atoms with van der Waals surface area (Å²) in [4.78, 5) is 8.17. The summed E-state index contributed by atoms with van der Waals surface area (Å²) in [5.41, 5.74) is 0.187. The molecule has 4 nitrogen and oxygen atoms in total. The van der Waals surface area contributed by atoms with Crippen molar-refractivity contribution >= 4 is 41.3 Å². The highest BCUT2D eigenvalue weighted by Crippen LogP contribution is 2.43. The van der Waals surface area contributed by atoms with Crippen molar-refractivity contribution in [3.63, 3.8) is 0 Å². The van der Waals surface area contributed by atoms with Crippen LogP contribution in [0.3, 0.4) is 0 Å². The van der Waals surface area contributed by atoms with Gasteiger partial charge in [-0.1, -0.05) is 12.1 Å². The maximum atomic E-state index is 14.0.